The summed E-state index contributed by atoms with van der Waals surface area (Å²) in [4.78, 5) is 0. The van der Waals surface area contributed by atoms with Gasteiger partial charge in [-0.1, -0.05) is 28.1 Å². The van der Waals surface area contributed by atoms with Gasteiger partial charge in [-0.2, -0.15) is 0 Å². The molecule has 0 amide bonds. The standard InChI is InChI=1S/C7H6BrF3N/c8-7-3-1-6(2-4-7)5-12(9,10)11/h1-4H,5H2/q+1. The quantitative estimate of drug-likeness (QED) is 0.696. The minimum Gasteiger partial charge on any atom is -0.0519 e. The third kappa shape index (κ3) is 3.23. The van der Waals surface area contributed by atoms with E-state index in [0.29, 0.717) is 0 Å². The lowest BCUT2D eigenvalue weighted by Crippen LogP contribution is -2.17. The van der Waals surface area contributed by atoms with Crippen LogP contribution in [-0.2, 0) is 6.54 Å². The van der Waals surface area contributed by atoms with E-state index in [2.05, 4.69) is 15.9 Å². The van der Waals surface area contributed by atoms with Crippen LogP contribution in [0.3, 0.4) is 0 Å². The number of halogens is 4. The molecule has 0 aliphatic heterocycles. The molecule has 5 heteroatoms. The van der Waals surface area contributed by atoms with Gasteiger partial charge < -0.3 is 0 Å². The molecule has 1 aromatic rings. The fourth-order valence-electron chi connectivity index (χ4n) is 0.797. The number of nitrogens with zero attached hydrogens (tertiary/aromatic N) is 1. The molecule has 0 heterocycles. The van der Waals surface area contributed by atoms with E-state index in [1.54, 1.807) is 12.1 Å². The Labute approximate surface area is 75.9 Å². The van der Waals surface area contributed by atoms with Gasteiger partial charge in [0.1, 0.15) is 0 Å². The molecule has 1 aromatic carbocycles. The van der Waals surface area contributed by atoms with E-state index in [1.165, 1.54) is 12.1 Å². The van der Waals surface area contributed by atoms with Gasteiger partial charge in [0.15, 0.2) is 0 Å². The van der Waals surface area contributed by atoms with Crippen LogP contribution < -0.4 is 0 Å². The number of hydrogen-bond donors (Lipinski definition) is 0. The first kappa shape index (κ1) is 9.54. The van der Waals surface area contributed by atoms with Gasteiger partial charge in [0.05, 0.1) is 13.4 Å². The number of benzene rings is 1. The van der Waals surface area contributed by atoms with Crippen molar-refractivity contribution in [2.45, 2.75) is 6.54 Å². The highest BCUT2D eigenvalue weighted by Gasteiger charge is 2.30. The lowest BCUT2D eigenvalue weighted by Gasteiger charge is -2.00. The number of rotatable bonds is 2. The molecule has 12 heavy (non-hydrogen) atoms. The van der Waals surface area contributed by atoms with Crippen LogP contribution in [0.2, 0.25) is 0 Å². The summed E-state index contributed by atoms with van der Waals surface area (Å²) in [6.45, 7) is -0.923. The summed E-state index contributed by atoms with van der Waals surface area (Å²) in [5.74, 6) is 0. The van der Waals surface area contributed by atoms with E-state index in [1.807, 2.05) is 0 Å². The Hall–Kier alpha value is -0.550. The van der Waals surface area contributed by atoms with Crippen LogP contribution in [0.5, 0.6) is 0 Å². The van der Waals surface area contributed by atoms with Crippen molar-refractivity contribution in [2.75, 3.05) is 0 Å². The highest BCUT2D eigenvalue weighted by Crippen LogP contribution is 2.18. The third-order valence-corrected chi connectivity index (χ3v) is 1.80. The minimum absolute atomic E-state index is 0.255. The van der Waals surface area contributed by atoms with Crippen molar-refractivity contribution in [1.82, 2.24) is 0 Å². The van der Waals surface area contributed by atoms with Gasteiger partial charge >= 0.3 is 0 Å². The van der Waals surface area contributed by atoms with Gasteiger partial charge in [0.2, 0.25) is 11.7 Å². The second kappa shape index (κ2) is 3.45. The average Bonchev–Trinajstić information content (AvgIpc) is 1.91. The first-order valence-corrected chi connectivity index (χ1v) is 3.98. The Morgan fingerprint density at radius 3 is 2.00 bits per heavy atom. The second-order valence-electron chi connectivity index (χ2n) is 2.33. The first-order valence-electron chi connectivity index (χ1n) is 3.19. The van der Waals surface area contributed by atoms with E-state index in [-0.39, 0.29) is 5.56 Å². The molecule has 0 aliphatic carbocycles. The molecular weight excluding hydrogens is 235 g/mol. The van der Waals surface area contributed by atoms with Crippen molar-refractivity contribution in [3.05, 3.63) is 34.3 Å². The summed E-state index contributed by atoms with van der Waals surface area (Å²) in [5.41, 5.74) is 0.255. The minimum atomic E-state index is -3.53. The van der Waals surface area contributed by atoms with Crippen molar-refractivity contribution < 1.29 is 18.6 Å². The maximum Gasteiger partial charge on any atom is 0.248 e. The molecule has 0 saturated heterocycles. The van der Waals surface area contributed by atoms with Gasteiger partial charge in [0, 0.05) is 10.0 Å². The van der Waals surface area contributed by atoms with Crippen molar-refractivity contribution in [3.8, 4) is 0 Å². The van der Waals surface area contributed by atoms with E-state index >= 15 is 0 Å². The van der Waals surface area contributed by atoms with Gasteiger partial charge in [-0.15, -0.1) is 0 Å². The highest BCUT2D eigenvalue weighted by molar-refractivity contribution is 9.10. The molecule has 0 aliphatic rings. The normalized spacial score (nSPS) is 11.7. The Morgan fingerprint density at radius 2 is 1.58 bits per heavy atom. The lowest BCUT2D eigenvalue weighted by atomic mass is 10.2. The smallest absolute Gasteiger partial charge is 0.0519 e. The zero-order valence-electron chi connectivity index (χ0n) is 5.98. The maximum absolute atomic E-state index is 11.8. The second-order valence-corrected chi connectivity index (χ2v) is 3.25. The van der Waals surface area contributed by atoms with E-state index in [0.717, 1.165) is 4.47 Å². The molecule has 0 aromatic heterocycles. The Morgan fingerprint density at radius 1 is 1.08 bits per heavy atom. The van der Waals surface area contributed by atoms with E-state index < -0.39 is 11.7 Å². The molecule has 0 unspecified atom stereocenters. The first-order chi connectivity index (χ1) is 5.47. The molecule has 1 rings (SSSR count). The summed E-state index contributed by atoms with van der Waals surface area (Å²) >= 11 is 3.14. The molecule has 1 nitrogen and oxygen atoms in total. The summed E-state index contributed by atoms with van der Waals surface area (Å²) in [6.07, 6.45) is 0. The predicted octanol–water partition coefficient (Wildman–Crippen LogP) is 3.42. The molecule has 66 valence electrons. The van der Waals surface area contributed by atoms with E-state index in [9.17, 15) is 13.4 Å². The zero-order valence-corrected chi connectivity index (χ0v) is 7.56. The van der Waals surface area contributed by atoms with Crippen LogP contribution >= 0.6 is 15.9 Å². The number of quaternary nitrogens is 1. The monoisotopic (exact) mass is 240 g/mol. The SMILES string of the molecule is F[N+](F)(F)Cc1ccc(Br)cc1. The molecule has 0 N–H and O–H groups in total. The molecule has 0 fully saturated rings. The lowest BCUT2D eigenvalue weighted by molar-refractivity contribution is -1.28. The van der Waals surface area contributed by atoms with Crippen molar-refractivity contribution in [3.63, 3.8) is 0 Å². The fraction of sp³-hybridized carbons (Fsp3) is 0.143. The zero-order chi connectivity index (χ0) is 9.19. The molecule has 0 spiro atoms. The van der Waals surface area contributed by atoms with Crippen molar-refractivity contribution in [2.24, 2.45) is 0 Å². The van der Waals surface area contributed by atoms with Crippen LogP contribution in [0.4, 0.5) is 13.4 Å². The number of hydrogen-bond acceptors (Lipinski definition) is 0. The van der Waals surface area contributed by atoms with Gasteiger partial charge in [-0.25, -0.2) is 0 Å². The Bertz CT molecular complexity index is 254. The van der Waals surface area contributed by atoms with Crippen LogP contribution in [0.25, 0.3) is 0 Å². The molecule has 0 bridgehead atoms. The third-order valence-electron chi connectivity index (χ3n) is 1.28. The topological polar surface area (TPSA) is 0 Å². The average molecular weight is 241 g/mol. The largest absolute Gasteiger partial charge is 0.248 e. The van der Waals surface area contributed by atoms with Crippen LogP contribution in [-0.4, -0.2) is 5.15 Å². The van der Waals surface area contributed by atoms with Gasteiger partial charge in [-0.05, 0) is 12.1 Å². The van der Waals surface area contributed by atoms with Crippen molar-refractivity contribution >= 4 is 15.9 Å². The molecular formula is C7H6BrF3N+. The molecule has 0 atom stereocenters. The summed E-state index contributed by atoms with van der Waals surface area (Å²) in [7, 11) is 0. The van der Waals surface area contributed by atoms with Crippen LogP contribution in [0.1, 0.15) is 5.56 Å². The maximum atomic E-state index is 11.8. The van der Waals surface area contributed by atoms with Gasteiger partial charge in [-0.3, -0.25) is 0 Å². The highest BCUT2D eigenvalue weighted by atomic mass is 79.9. The summed E-state index contributed by atoms with van der Waals surface area (Å²) < 4.78 is 36.1. The molecule has 0 saturated carbocycles. The predicted molar refractivity (Wildman–Crippen MR) is 41.4 cm³/mol. The van der Waals surface area contributed by atoms with Crippen molar-refractivity contribution in [1.29, 1.82) is 0 Å². The van der Waals surface area contributed by atoms with Crippen LogP contribution in [0, 0.1) is 0 Å². The van der Waals surface area contributed by atoms with E-state index in [4.69, 9.17) is 0 Å². The van der Waals surface area contributed by atoms with Crippen LogP contribution in [0.15, 0.2) is 28.7 Å². The summed E-state index contributed by atoms with van der Waals surface area (Å²) in [5, 5.41) is -3.53. The summed E-state index contributed by atoms with van der Waals surface area (Å²) in [6, 6.07) is 6.06. The van der Waals surface area contributed by atoms with Gasteiger partial charge in [0.25, 0.3) is 0 Å². The fourth-order valence-corrected chi connectivity index (χ4v) is 1.06. The Balaban J connectivity index is 2.71. The molecule has 0 radical (unpaired) electrons. The Kier molecular flexibility index (Phi) is 2.74.